The van der Waals surface area contributed by atoms with Crippen LogP contribution in [-0.2, 0) is 0 Å². The predicted octanol–water partition coefficient (Wildman–Crippen LogP) is 11.3. The van der Waals surface area contributed by atoms with Crippen LogP contribution in [-0.4, -0.2) is 12.2 Å². The van der Waals surface area contributed by atoms with E-state index in [2.05, 4.69) is 27.7 Å². The van der Waals surface area contributed by atoms with Crippen LogP contribution in [0.5, 0.6) is 11.5 Å². The van der Waals surface area contributed by atoms with E-state index in [0.29, 0.717) is 0 Å². The van der Waals surface area contributed by atoms with E-state index in [1.54, 1.807) is 12.1 Å². The minimum absolute atomic E-state index is 0.0468. The van der Waals surface area contributed by atoms with Crippen molar-refractivity contribution in [3.8, 4) is 11.5 Å². The number of halogens is 2. The summed E-state index contributed by atoms with van der Waals surface area (Å²) < 4.78 is 43.8. The Morgan fingerprint density at radius 3 is 1.29 bits per heavy atom. The maximum absolute atomic E-state index is 15.5. The third kappa shape index (κ3) is 7.66. The zero-order chi connectivity index (χ0) is 27.4. The summed E-state index contributed by atoms with van der Waals surface area (Å²) in [6.07, 6.45) is 22.7. The Bertz CT molecular complexity index is 744. The fraction of sp³-hybridized carbons (Fsp3) is 0.824. The van der Waals surface area contributed by atoms with E-state index in [4.69, 9.17) is 9.47 Å². The van der Waals surface area contributed by atoms with Crippen LogP contribution >= 0.6 is 0 Å². The molecule has 2 atom stereocenters. The molecule has 218 valence electrons. The van der Waals surface area contributed by atoms with Crippen molar-refractivity contribution in [2.45, 2.75) is 168 Å². The second kappa shape index (κ2) is 15.5. The van der Waals surface area contributed by atoms with Crippen molar-refractivity contribution in [1.29, 1.82) is 0 Å². The Hall–Kier alpha value is -1.32. The van der Waals surface area contributed by atoms with Gasteiger partial charge in [-0.25, -0.2) is 0 Å². The number of benzene rings is 1. The van der Waals surface area contributed by atoms with Crippen molar-refractivity contribution in [3.63, 3.8) is 0 Å². The second-order valence-electron chi connectivity index (χ2n) is 12.5. The third-order valence-corrected chi connectivity index (χ3v) is 9.91. The highest BCUT2D eigenvalue weighted by Gasteiger charge is 2.42. The topological polar surface area (TPSA) is 18.5 Å². The molecule has 0 spiro atoms. The summed E-state index contributed by atoms with van der Waals surface area (Å²) >= 11 is 0. The van der Waals surface area contributed by atoms with E-state index in [1.165, 1.54) is 77.0 Å². The van der Waals surface area contributed by atoms with Gasteiger partial charge in [-0.3, -0.25) is 0 Å². The average molecular weight is 535 g/mol. The van der Waals surface area contributed by atoms with Crippen LogP contribution in [0.25, 0.3) is 0 Å². The fourth-order valence-corrected chi connectivity index (χ4v) is 7.72. The van der Waals surface area contributed by atoms with Crippen molar-refractivity contribution in [2.24, 2.45) is 10.8 Å². The summed E-state index contributed by atoms with van der Waals surface area (Å²) in [6, 6.07) is 3.24. The van der Waals surface area contributed by atoms with Crippen LogP contribution < -0.4 is 9.47 Å². The highest BCUT2D eigenvalue weighted by molar-refractivity contribution is 5.35. The molecule has 2 saturated carbocycles. The molecule has 1 aromatic carbocycles. The number of unbranched alkanes of at least 4 members (excludes halogenated alkanes) is 4. The molecule has 0 bridgehead atoms. The normalized spacial score (nSPS) is 20.6. The summed E-state index contributed by atoms with van der Waals surface area (Å²) in [7, 11) is 0. The van der Waals surface area contributed by atoms with Crippen molar-refractivity contribution in [3.05, 3.63) is 23.8 Å². The van der Waals surface area contributed by atoms with Gasteiger partial charge < -0.3 is 9.47 Å². The molecular formula is C34H56F2O2. The van der Waals surface area contributed by atoms with E-state index in [1.807, 2.05) is 0 Å². The Labute approximate surface area is 232 Å². The van der Waals surface area contributed by atoms with E-state index in [-0.39, 0.29) is 34.5 Å². The average Bonchev–Trinajstić information content (AvgIpc) is 2.94. The lowest BCUT2D eigenvalue weighted by Gasteiger charge is -2.44. The third-order valence-electron chi connectivity index (χ3n) is 9.91. The van der Waals surface area contributed by atoms with Crippen LogP contribution in [0.3, 0.4) is 0 Å². The quantitative estimate of drug-likeness (QED) is 0.196. The van der Waals surface area contributed by atoms with Gasteiger partial charge in [0, 0.05) is 10.8 Å². The first-order chi connectivity index (χ1) is 18.4. The first kappa shape index (κ1) is 31.2. The standard InChI is InChI=1S/C34H56F2O2/c1-5-9-13-21-33(23-15-11-16-24-33)29(7-3)37-27-19-20-28(32(36)31(27)35)38-30(8-4)34(22-14-10-6-2)25-17-12-18-26-34/h19-20,29-30H,5-18,21-26H2,1-4H3. The monoisotopic (exact) mass is 534 g/mol. The summed E-state index contributed by atoms with van der Waals surface area (Å²) in [6.45, 7) is 8.71. The largest absolute Gasteiger partial charge is 0.487 e. The zero-order valence-electron chi connectivity index (χ0n) is 25.0. The summed E-state index contributed by atoms with van der Waals surface area (Å²) in [4.78, 5) is 0. The van der Waals surface area contributed by atoms with Gasteiger partial charge in [-0.2, -0.15) is 8.78 Å². The molecule has 0 heterocycles. The van der Waals surface area contributed by atoms with Gasteiger partial charge in [-0.15, -0.1) is 0 Å². The SMILES string of the molecule is CCCCCC1(C(CC)Oc2ccc(OC(CC)C3(CCCCC)CCCCC3)c(F)c2F)CCCCC1. The van der Waals surface area contributed by atoms with Crippen LogP contribution in [0, 0.1) is 22.5 Å². The Morgan fingerprint density at radius 1 is 0.605 bits per heavy atom. The van der Waals surface area contributed by atoms with Crippen LogP contribution in [0.2, 0.25) is 0 Å². The summed E-state index contributed by atoms with van der Waals surface area (Å²) in [5, 5.41) is 0. The first-order valence-electron chi connectivity index (χ1n) is 16.3. The molecule has 2 fully saturated rings. The highest BCUT2D eigenvalue weighted by Crippen LogP contribution is 2.48. The lowest BCUT2D eigenvalue weighted by atomic mass is 9.66. The molecule has 2 unspecified atom stereocenters. The van der Waals surface area contributed by atoms with Crippen molar-refractivity contribution < 1.29 is 18.3 Å². The van der Waals surface area contributed by atoms with E-state index in [9.17, 15) is 0 Å². The van der Waals surface area contributed by atoms with Gasteiger partial charge in [0.25, 0.3) is 0 Å². The molecule has 0 aliphatic heterocycles. The molecule has 2 aliphatic rings. The van der Waals surface area contributed by atoms with Gasteiger partial charge in [-0.1, -0.05) is 105 Å². The maximum Gasteiger partial charge on any atom is 0.204 e. The Kier molecular flexibility index (Phi) is 12.7. The van der Waals surface area contributed by atoms with E-state index < -0.39 is 11.6 Å². The van der Waals surface area contributed by atoms with Gasteiger partial charge in [0.1, 0.15) is 12.2 Å². The molecule has 3 rings (SSSR count). The molecule has 2 aliphatic carbocycles. The number of rotatable bonds is 16. The van der Waals surface area contributed by atoms with Gasteiger partial charge in [0.15, 0.2) is 11.5 Å². The summed E-state index contributed by atoms with van der Waals surface area (Å²) in [5.74, 6) is -1.69. The van der Waals surface area contributed by atoms with Crippen molar-refractivity contribution in [2.75, 3.05) is 0 Å². The first-order valence-corrected chi connectivity index (χ1v) is 16.3. The molecule has 1 aromatic rings. The second-order valence-corrected chi connectivity index (χ2v) is 12.5. The molecule has 0 amide bonds. The van der Waals surface area contributed by atoms with Crippen LogP contribution in [0.15, 0.2) is 12.1 Å². The highest BCUT2D eigenvalue weighted by atomic mass is 19.2. The van der Waals surface area contributed by atoms with E-state index in [0.717, 1.165) is 51.4 Å². The molecule has 0 saturated heterocycles. The maximum atomic E-state index is 15.5. The molecule has 0 radical (unpaired) electrons. The van der Waals surface area contributed by atoms with Crippen LogP contribution in [0.4, 0.5) is 8.78 Å². The molecule has 38 heavy (non-hydrogen) atoms. The van der Waals surface area contributed by atoms with Gasteiger partial charge in [-0.05, 0) is 63.5 Å². The number of hydrogen-bond donors (Lipinski definition) is 0. The lowest BCUT2D eigenvalue weighted by Crippen LogP contribution is -2.41. The smallest absolute Gasteiger partial charge is 0.204 e. The number of hydrogen-bond acceptors (Lipinski definition) is 2. The summed E-state index contributed by atoms with van der Waals surface area (Å²) in [5.41, 5.74) is 0.138. The minimum atomic E-state index is -0.890. The van der Waals surface area contributed by atoms with Crippen molar-refractivity contribution in [1.82, 2.24) is 0 Å². The van der Waals surface area contributed by atoms with Gasteiger partial charge in [0.2, 0.25) is 11.6 Å². The Balaban J connectivity index is 1.78. The minimum Gasteiger partial charge on any atom is -0.487 e. The van der Waals surface area contributed by atoms with Gasteiger partial charge >= 0.3 is 0 Å². The van der Waals surface area contributed by atoms with Crippen molar-refractivity contribution >= 4 is 0 Å². The van der Waals surface area contributed by atoms with Gasteiger partial charge in [0.05, 0.1) is 0 Å². The molecule has 4 heteroatoms. The molecule has 2 nitrogen and oxygen atoms in total. The fourth-order valence-electron chi connectivity index (χ4n) is 7.72. The predicted molar refractivity (Wildman–Crippen MR) is 155 cm³/mol. The molecular weight excluding hydrogens is 478 g/mol. The number of ether oxygens (including phenoxy) is 2. The molecule has 0 N–H and O–H groups in total. The van der Waals surface area contributed by atoms with Crippen LogP contribution in [0.1, 0.15) is 156 Å². The Morgan fingerprint density at radius 2 is 0.974 bits per heavy atom. The lowest BCUT2D eigenvalue weighted by molar-refractivity contribution is -0.00299. The molecule has 0 aromatic heterocycles. The van der Waals surface area contributed by atoms with E-state index >= 15 is 8.78 Å². The zero-order valence-corrected chi connectivity index (χ0v) is 25.0.